The van der Waals surface area contributed by atoms with Gasteiger partial charge < -0.3 is 5.32 Å². The van der Waals surface area contributed by atoms with Gasteiger partial charge in [-0.05, 0) is 59.3 Å². The van der Waals surface area contributed by atoms with Crippen LogP contribution in [0.25, 0.3) is 5.69 Å². The second-order valence-electron chi connectivity index (χ2n) is 5.48. The maximum Gasteiger partial charge on any atom is 0.230 e. The highest BCUT2D eigenvalue weighted by Gasteiger charge is 2.14. The zero-order valence-corrected chi connectivity index (χ0v) is 16.1. The highest BCUT2D eigenvalue weighted by Crippen LogP contribution is 2.20. The number of benzene rings is 2. The van der Waals surface area contributed by atoms with Crippen molar-refractivity contribution in [3.05, 3.63) is 64.1 Å². The zero-order chi connectivity index (χ0) is 18.5. The monoisotopic (exact) mass is 407 g/mol. The first kappa shape index (κ1) is 18.7. The van der Waals surface area contributed by atoms with Crippen LogP contribution in [0.4, 0.5) is 0 Å². The van der Waals surface area contributed by atoms with Gasteiger partial charge in [-0.1, -0.05) is 47.1 Å². The summed E-state index contributed by atoms with van der Waals surface area (Å²) >= 11 is 13.0. The van der Waals surface area contributed by atoms with E-state index in [1.807, 2.05) is 31.2 Å². The van der Waals surface area contributed by atoms with E-state index in [9.17, 15) is 4.79 Å². The molecule has 1 amide bonds. The van der Waals surface area contributed by atoms with Crippen LogP contribution in [0.1, 0.15) is 18.5 Å². The summed E-state index contributed by atoms with van der Waals surface area (Å²) in [5.41, 5.74) is 1.76. The molecule has 1 aromatic heterocycles. The van der Waals surface area contributed by atoms with Crippen LogP contribution in [0.3, 0.4) is 0 Å². The number of nitrogens with one attached hydrogen (secondary N) is 1. The fraction of sp³-hybridized carbons (Fsp3) is 0.176. The van der Waals surface area contributed by atoms with E-state index in [2.05, 4.69) is 20.8 Å². The predicted octanol–water partition coefficient (Wildman–Crippen LogP) is 3.94. The Morgan fingerprint density at radius 2 is 1.73 bits per heavy atom. The first-order valence-electron chi connectivity index (χ1n) is 7.75. The summed E-state index contributed by atoms with van der Waals surface area (Å²) in [7, 11) is 0. The first-order chi connectivity index (χ1) is 12.5. The number of nitrogens with zero attached hydrogens (tertiary/aromatic N) is 4. The van der Waals surface area contributed by atoms with Crippen LogP contribution in [0, 0.1) is 0 Å². The second-order valence-corrected chi connectivity index (χ2v) is 7.29. The lowest BCUT2D eigenvalue weighted by atomic mass is 10.1. The highest BCUT2D eigenvalue weighted by molar-refractivity contribution is 7.99. The summed E-state index contributed by atoms with van der Waals surface area (Å²) in [4.78, 5) is 12.2. The van der Waals surface area contributed by atoms with Crippen LogP contribution in [0.15, 0.2) is 53.7 Å². The molecule has 1 heterocycles. The highest BCUT2D eigenvalue weighted by atomic mass is 35.5. The quantitative estimate of drug-likeness (QED) is 0.626. The lowest BCUT2D eigenvalue weighted by molar-refractivity contribution is -0.119. The minimum absolute atomic E-state index is 0.108. The molecule has 134 valence electrons. The molecule has 0 bridgehead atoms. The first-order valence-corrected chi connectivity index (χ1v) is 9.49. The summed E-state index contributed by atoms with van der Waals surface area (Å²) in [6.07, 6.45) is 0. The largest absolute Gasteiger partial charge is 0.349 e. The van der Waals surface area contributed by atoms with Crippen molar-refractivity contribution >= 4 is 40.9 Å². The van der Waals surface area contributed by atoms with Crippen molar-refractivity contribution in [2.45, 2.75) is 18.1 Å². The smallest absolute Gasteiger partial charge is 0.230 e. The minimum Gasteiger partial charge on any atom is -0.349 e. The van der Waals surface area contributed by atoms with Crippen molar-refractivity contribution in [1.29, 1.82) is 0 Å². The van der Waals surface area contributed by atoms with Crippen LogP contribution >= 0.6 is 35.0 Å². The molecule has 0 saturated heterocycles. The van der Waals surface area contributed by atoms with Crippen molar-refractivity contribution in [3.63, 3.8) is 0 Å². The van der Waals surface area contributed by atoms with Crippen molar-refractivity contribution in [3.8, 4) is 5.69 Å². The summed E-state index contributed by atoms with van der Waals surface area (Å²) in [6.45, 7) is 1.92. The van der Waals surface area contributed by atoms with Crippen LogP contribution in [0.2, 0.25) is 10.0 Å². The number of rotatable bonds is 6. The third-order valence-corrected chi connectivity index (χ3v) is 5.02. The molecular formula is C17H15Cl2N5OS. The lowest BCUT2D eigenvalue weighted by Gasteiger charge is -2.14. The number of tetrazole rings is 1. The van der Waals surface area contributed by atoms with Crippen LogP contribution in [0.5, 0.6) is 0 Å². The van der Waals surface area contributed by atoms with E-state index in [1.165, 1.54) is 11.8 Å². The number of amides is 1. The molecule has 1 N–H and O–H groups in total. The molecule has 0 aliphatic rings. The van der Waals surface area contributed by atoms with Gasteiger partial charge in [-0.3, -0.25) is 4.79 Å². The van der Waals surface area contributed by atoms with E-state index in [0.717, 1.165) is 11.3 Å². The Balaban J connectivity index is 1.59. The standard InChI is InChI=1S/C17H15Cl2N5OS/c1-11(12-2-4-13(18)5-3-12)20-16(25)10-26-17-21-22-23-24(17)15-8-6-14(19)7-9-15/h2-9,11H,10H2,1H3,(H,20,25)/t11-/m1/s1. The van der Waals surface area contributed by atoms with Gasteiger partial charge in [0.15, 0.2) is 0 Å². The van der Waals surface area contributed by atoms with Gasteiger partial charge >= 0.3 is 0 Å². The topological polar surface area (TPSA) is 72.7 Å². The molecular weight excluding hydrogens is 393 g/mol. The minimum atomic E-state index is -0.118. The Morgan fingerprint density at radius 3 is 2.38 bits per heavy atom. The van der Waals surface area contributed by atoms with E-state index >= 15 is 0 Å². The van der Waals surface area contributed by atoms with Crippen molar-refractivity contribution < 1.29 is 4.79 Å². The molecule has 26 heavy (non-hydrogen) atoms. The molecule has 3 aromatic rings. The molecule has 0 spiro atoms. The van der Waals surface area contributed by atoms with Crippen LogP contribution < -0.4 is 5.32 Å². The fourth-order valence-corrected chi connectivity index (χ4v) is 3.22. The molecule has 0 radical (unpaired) electrons. The molecule has 2 aromatic carbocycles. The number of halogens is 2. The second kappa shape index (κ2) is 8.53. The number of aromatic nitrogens is 4. The van der Waals surface area contributed by atoms with Gasteiger partial charge in [-0.15, -0.1) is 5.10 Å². The Bertz CT molecular complexity index is 883. The van der Waals surface area contributed by atoms with Crippen molar-refractivity contribution in [2.24, 2.45) is 0 Å². The van der Waals surface area contributed by atoms with Crippen LogP contribution in [-0.2, 0) is 4.79 Å². The van der Waals surface area contributed by atoms with E-state index in [0.29, 0.717) is 15.2 Å². The van der Waals surface area contributed by atoms with Gasteiger partial charge in [0.05, 0.1) is 17.5 Å². The summed E-state index contributed by atoms with van der Waals surface area (Å²) < 4.78 is 1.57. The van der Waals surface area contributed by atoms with Gasteiger partial charge in [-0.25, -0.2) is 0 Å². The lowest BCUT2D eigenvalue weighted by Crippen LogP contribution is -2.28. The normalized spacial score (nSPS) is 12.0. The van der Waals surface area contributed by atoms with Gasteiger partial charge in [0.2, 0.25) is 11.1 Å². The molecule has 6 nitrogen and oxygen atoms in total. The van der Waals surface area contributed by atoms with Gasteiger partial charge in [-0.2, -0.15) is 4.68 Å². The average Bonchev–Trinajstić information content (AvgIpc) is 3.09. The van der Waals surface area contributed by atoms with E-state index < -0.39 is 0 Å². The van der Waals surface area contributed by atoms with Crippen molar-refractivity contribution in [2.75, 3.05) is 5.75 Å². The molecule has 0 saturated carbocycles. The Morgan fingerprint density at radius 1 is 1.12 bits per heavy atom. The third kappa shape index (κ3) is 4.75. The van der Waals surface area contributed by atoms with E-state index in [4.69, 9.17) is 23.2 Å². The number of hydrogen-bond donors (Lipinski definition) is 1. The Hall–Kier alpha value is -2.09. The van der Waals surface area contributed by atoms with Gasteiger partial charge in [0.1, 0.15) is 0 Å². The molecule has 9 heteroatoms. The van der Waals surface area contributed by atoms with E-state index in [-0.39, 0.29) is 17.7 Å². The van der Waals surface area contributed by atoms with Crippen molar-refractivity contribution in [1.82, 2.24) is 25.5 Å². The SMILES string of the molecule is C[C@@H](NC(=O)CSc1nnnn1-c1ccc(Cl)cc1)c1ccc(Cl)cc1. The zero-order valence-electron chi connectivity index (χ0n) is 13.8. The number of carbonyl (C=O) groups excluding carboxylic acids is 1. The van der Waals surface area contributed by atoms with Gasteiger partial charge in [0.25, 0.3) is 0 Å². The molecule has 0 aliphatic heterocycles. The number of hydrogen-bond acceptors (Lipinski definition) is 5. The summed E-state index contributed by atoms with van der Waals surface area (Å²) in [5.74, 6) is 0.0921. The molecule has 3 rings (SSSR count). The van der Waals surface area contributed by atoms with Gasteiger partial charge in [0, 0.05) is 10.0 Å². The summed E-state index contributed by atoms with van der Waals surface area (Å²) in [5, 5.41) is 16.4. The molecule has 0 fully saturated rings. The Labute approximate surface area is 164 Å². The van der Waals surface area contributed by atoms with Crippen LogP contribution in [-0.4, -0.2) is 31.9 Å². The number of thioether (sulfide) groups is 1. The average molecular weight is 408 g/mol. The third-order valence-electron chi connectivity index (χ3n) is 3.59. The molecule has 0 aliphatic carbocycles. The fourth-order valence-electron chi connectivity index (χ4n) is 2.26. The number of carbonyl (C=O) groups is 1. The molecule has 0 unspecified atom stereocenters. The molecule has 1 atom stereocenters. The Kier molecular flexibility index (Phi) is 6.13. The summed E-state index contributed by atoms with van der Waals surface area (Å²) in [6, 6.07) is 14.4. The maximum atomic E-state index is 12.2. The predicted molar refractivity (Wildman–Crippen MR) is 103 cm³/mol. The van der Waals surface area contributed by atoms with E-state index in [1.54, 1.807) is 28.9 Å². The maximum absolute atomic E-state index is 12.2.